The van der Waals surface area contributed by atoms with Gasteiger partial charge in [-0.15, -0.1) is 0 Å². The molecule has 0 aliphatic rings. The molecular weight excluding hydrogens is 334 g/mol. The van der Waals surface area contributed by atoms with E-state index in [1.54, 1.807) is 14.0 Å². The molecule has 1 aromatic carbocycles. The van der Waals surface area contributed by atoms with Crippen molar-refractivity contribution in [1.29, 1.82) is 0 Å². The average molecular weight is 355 g/mol. The van der Waals surface area contributed by atoms with Crippen LogP contribution in [0.4, 0.5) is 0 Å². The first kappa shape index (κ1) is 18.9. The molecule has 2 amide bonds. The second kappa shape index (κ2) is 9.77. The second-order valence-corrected chi connectivity index (χ2v) is 5.39. The molecule has 0 atom stereocenters. The molecule has 8 heteroatoms. The summed E-state index contributed by atoms with van der Waals surface area (Å²) < 4.78 is 5.10. The first-order chi connectivity index (χ1) is 12.6. The van der Waals surface area contributed by atoms with Crippen molar-refractivity contribution in [2.45, 2.75) is 13.3 Å². The molecule has 8 nitrogen and oxygen atoms in total. The fourth-order valence-corrected chi connectivity index (χ4v) is 2.04. The van der Waals surface area contributed by atoms with Gasteiger partial charge in [0.25, 0.3) is 5.91 Å². The summed E-state index contributed by atoms with van der Waals surface area (Å²) in [5, 5.41) is 2.79. The van der Waals surface area contributed by atoms with Gasteiger partial charge in [0.2, 0.25) is 5.91 Å². The molecule has 2 rings (SSSR count). The van der Waals surface area contributed by atoms with Gasteiger partial charge in [-0.1, -0.05) is 12.1 Å². The highest BCUT2D eigenvalue weighted by Crippen LogP contribution is 2.11. The molecule has 0 aliphatic carbocycles. The Bertz CT molecular complexity index is 760. The van der Waals surface area contributed by atoms with Gasteiger partial charge in [0.05, 0.1) is 13.3 Å². The van der Waals surface area contributed by atoms with Gasteiger partial charge in [-0.2, -0.15) is 0 Å². The second-order valence-electron chi connectivity index (χ2n) is 5.39. The number of hydrogen-bond acceptors (Lipinski definition) is 6. The van der Waals surface area contributed by atoms with Crippen molar-refractivity contribution in [3.8, 4) is 5.75 Å². The van der Waals surface area contributed by atoms with E-state index in [1.165, 1.54) is 24.7 Å². The number of nitrogens with one attached hydrogen (secondary N) is 3. The van der Waals surface area contributed by atoms with Crippen molar-refractivity contribution in [2.24, 2.45) is 0 Å². The van der Waals surface area contributed by atoms with Crippen LogP contribution in [0.1, 0.15) is 23.0 Å². The molecule has 0 aliphatic heterocycles. The van der Waals surface area contributed by atoms with E-state index in [-0.39, 0.29) is 11.6 Å². The standard InChI is InChI=1S/C18H21N5O3/c1-13(22-23-18(25)16-12-19-9-10-20-16)11-17(24)21-8-7-14-3-5-15(26-2)6-4-14/h3-6,9-12,22H,7-8H2,1-2H3,(H,21,24)(H,23,25)/b13-11-. The van der Waals surface area contributed by atoms with Crippen LogP contribution >= 0.6 is 0 Å². The van der Waals surface area contributed by atoms with E-state index in [0.717, 1.165) is 11.3 Å². The smallest absolute Gasteiger partial charge is 0.289 e. The molecule has 3 N–H and O–H groups in total. The van der Waals surface area contributed by atoms with Crippen LogP contribution in [0.15, 0.2) is 54.6 Å². The van der Waals surface area contributed by atoms with Crippen LogP contribution in [0, 0.1) is 0 Å². The number of hydrogen-bond donors (Lipinski definition) is 3. The van der Waals surface area contributed by atoms with Gasteiger partial charge >= 0.3 is 0 Å². The Morgan fingerprint density at radius 2 is 1.92 bits per heavy atom. The number of amides is 2. The summed E-state index contributed by atoms with van der Waals surface area (Å²) in [5.41, 5.74) is 6.86. The van der Waals surface area contributed by atoms with Crippen molar-refractivity contribution in [2.75, 3.05) is 13.7 Å². The lowest BCUT2D eigenvalue weighted by Crippen LogP contribution is -2.37. The number of carbonyl (C=O) groups is 2. The van der Waals surface area contributed by atoms with Gasteiger partial charge in [0, 0.05) is 30.7 Å². The van der Waals surface area contributed by atoms with Crippen molar-refractivity contribution in [3.05, 3.63) is 65.9 Å². The highest BCUT2D eigenvalue weighted by atomic mass is 16.5. The van der Waals surface area contributed by atoms with Gasteiger partial charge in [0.15, 0.2) is 0 Å². The Morgan fingerprint density at radius 1 is 1.15 bits per heavy atom. The Morgan fingerprint density at radius 3 is 2.58 bits per heavy atom. The summed E-state index contributed by atoms with van der Waals surface area (Å²) in [5.74, 6) is 0.106. The zero-order chi connectivity index (χ0) is 18.8. The number of rotatable bonds is 8. The number of aromatic nitrogens is 2. The molecule has 0 bridgehead atoms. The maximum absolute atomic E-state index is 11.9. The van der Waals surface area contributed by atoms with Crippen LogP contribution in [-0.4, -0.2) is 35.4 Å². The summed E-state index contributed by atoms with van der Waals surface area (Å²) in [4.78, 5) is 31.4. The highest BCUT2D eigenvalue weighted by molar-refractivity contribution is 5.92. The van der Waals surface area contributed by atoms with E-state index in [4.69, 9.17) is 4.74 Å². The topological polar surface area (TPSA) is 105 Å². The Labute approximate surface area is 151 Å². The minimum atomic E-state index is -0.439. The molecule has 1 heterocycles. The molecule has 1 aromatic heterocycles. The quantitative estimate of drug-likeness (QED) is 0.482. The zero-order valence-electron chi connectivity index (χ0n) is 14.7. The molecule has 0 saturated carbocycles. The summed E-state index contributed by atoms with van der Waals surface area (Å²) in [6.45, 7) is 2.17. The number of methoxy groups -OCH3 is 1. The zero-order valence-corrected chi connectivity index (χ0v) is 14.7. The number of allylic oxidation sites excluding steroid dienone is 1. The summed E-state index contributed by atoms with van der Waals surface area (Å²) >= 11 is 0. The summed E-state index contributed by atoms with van der Waals surface area (Å²) in [6, 6.07) is 7.67. The van der Waals surface area contributed by atoms with Gasteiger partial charge in [-0.05, 0) is 31.0 Å². The average Bonchev–Trinajstić information content (AvgIpc) is 2.67. The number of hydrazine groups is 1. The molecule has 0 saturated heterocycles. The largest absolute Gasteiger partial charge is 0.497 e. The molecule has 0 spiro atoms. The normalized spacial score (nSPS) is 10.8. The van der Waals surface area contributed by atoms with E-state index in [1.807, 2.05) is 24.3 Å². The lowest BCUT2D eigenvalue weighted by atomic mass is 10.1. The third-order valence-electron chi connectivity index (χ3n) is 3.39. The first-order valence-electron chi connectivity index (χ1n) is 8.00. The predicted molar refractivity (Wildman–Crippen MR) is 96.1 cm³/mol. The van der Waals surface area contributed by atoms with Crippen LogP contribution < -0.4 is 20.9 Å². The molecule has 0 unspecified atom stereocenters. The van der Waals surface area contributed by atoms with Crippen molar-refractivity contribution in [3.63, 3.8) is 0 Å². The van der Waals surface area contributed by atoms with Crippen molar-refractivity contribution in [1.82, 2.24) is 26.1 Å². The van der Waals surface area contributed by atoms with Crippen LogP contribution in [0.3, 0.4) is 0 Å². The van der Waals surface area contributed by atoms with E-state index in [2.05, 4.69) is 26.1 Å². The Hall–Kier alpha value is -3.42. The maximum Gasteiger partial charge on any atom is 0.289 e. The van der Waals surface area contributed by atoms with E-state index < -0.39 is 5.91 Å². The number of ether oxygens (including phenoxy) is 1. The minimum absolute atomic E-state index is 0.178. The van der Waals surface area contributed by atoms with Crippen LogP contribution in [0.5, 0.6) is 5.75 Å². The van der Waals surface area contributed by atoms with Crippen LogP contribution in [0.25, 0.3) is 0 Å². The Balaban J connectivity index is 1.72. The number of nitrogens with zero attached hydrogens (tertiary/aromatic N) is 2. The SMILES string of the molecule is COc1ccc(CCNC(=O)/C=C(/C)NNC(=O)c2cnccn2)cc1. The summed E-state index contributed by atoms with van der Waals surface area (Å²) in [6.07, 6.45) is 6.33. The highest BCUT2D eigenvalue weighted by Gasteiger charge is 2.06. The molecule has 0 radical (unpaired) electrons. The fourth-order valence-electron chi connectivity index (χ4n) is 2.04. The van der Waals surface area contributed by atoms with Gasteiger partial charge in [-0.25, -0.2) is 4.98 Å². The molecular formula is C18H21N5O3. The van der Waals surface area contributed by atoms with Crippen molar-refractivity contribution >= 4 is 11.8 Å². The van der Waals surface area contributed by atoms with E-state index in [0.29, 0.717) is 18.7 Å². The van der Waals surface area contributed by atoms with Gasteiger partial charge in [-0.3, -0.25) is 20.0 Å². The fraction of sp³-hybridized carbons (Fsp3) is 0.222. The molecule has 26 heavy (non-hydrogen) atoms. The van der Waals surface area contributed by atoms with E-state index in [9.17, 15) is 9.59 Å². The molecule has 0 fully saturated rings. The third kappa shape index (κ3) is 6.23. The minimum Gasteiger partial charge on any atom is -0.497 e. The molecule has 2 aromatic rings. The van der Waals surface area contributed by atoms with E-state index >= 15 is 0 Å². The third-order valence-corrected chi connectivity index (χ3v) is 3.39. The van der Waals surface area contributed by atoms with Gasteiger partial charge < -0.3 is 15.5 Å². The monoisotopic (exact) mass is 355 g/mol. The van der Waals surface area contributed by atoms with Gasteiger partial charge in [0.1, 0.15) is 11.4 Å². The Kier molecular flexibility index (Phi) is 7.11. The number of carbonyl (C=O) groups excluding carboxylic acids is 2. The lowest BCUT2D eigenvalue weighted by Gasteiger charge is -2.08. The van der Waals surface area contributed by atoms with Crippen LogP contribution in [0.2, 0.25) is 0 Å². The lowest BCUT2D eigenvalue weighted by molar-refractivity contribution is -0.116. The maximum atomic E-state index is 11.9. The van der Waals surface area contributed by atoms with Crippen molar-refractivity contribution < 1.29 is 14.3 Å². The predicted octanol–water partition coefficient (Wildman–Crippen LogP) is 0.982. The molecule has 136 valence electrons. The number of benzene rings is 1. The first-order valence-corrected chi connectivity index (χ1v) is 8.00. The summed E-state index contributed by atoms with van der Waals surface area (Å²) in [7, 11) is 1.62. The van der Waals surface area contributed by atoms with Crippen LogP contribution in [-0.2, 0) is 11.2 Å².